The third-order valence-electron chi connectivity index (χ3n) is 5.71. The summed E-state index contributed by atoms with van der Waals surface area (Å²) < 4.78 is 5.65. The third-order valence-corrected chi connectivity index (χ3v) is 5.71. The van der Waals surface area contributed by atoms with Crippen molar-refractivity contribution in [1.82, 2.24) is 14.9 Å². The number of carbonyl (C=O) groups is 1. The normalized spacial score (nSPS) is 24.2. The van der Waals surface area contributed by atoms with Gasteiger partial charge in [0.2, 0.25) is 0 Å². The molecule has 0 amide bonds. The maximum Gasteiger partial charge on any atom is 0.312 e. The van der Waals surface area contributed by atoms with Crippen LogP contribution in [0.2, 0.25) is 0 Å². The summed E-state index contributed by atoms with van der Waals surface area (Å²) in [5.74, 6) is 1.02. The molecule has 6 heteroatoms. The second kappa shape index (κ2) is 7.47. The highest BCUT2D eigenvalue weighted by Crippen LogP contribution is 2.41. The van der Waals surface area contributed by atoms with Crippen LogP contribution >= 0.6 is 0 Å². The summed E-state index contributed by atoms with van der Waals surface area (Å²) in [4.78, 5) is 25.2. The number of aromatic nitrogens is 2. The fourth-order valence-corrected chi connectivity index (χ4v) is 3.82. The topological polar surface area (TPSA) is 58.6 Å². The lowest BCUT2D eigenvalue weighted by Gasteiger charge is -2.35. The second-order valence-corrected chi connectivity index (χ2v) is 6.90. The summed E-state index contributed by atoms with van der Waals surface area (Å²) in [7, 11) is 0. The van der Waals surface area contributed by atoms with Crippen LogP contribution in [-0.4, -0.2) is 59.7 Å². The van der Waals surface area contributed by atoms with Crippen molar-refractivity contribution in [3.05, 3.63) is 18.6 Å². The van der Waals surface area contributed by atoms with Crippen molar-refractivity contribution in [3.63, 3.8) is 0 Å². The quantitative estimate of drug-likeness (QED) is 0.744. The van der Waals surface area contributed by atoms with Gasteiger partial charge in [-0.2, -0.15) is 0 Å². The Kier molecular flexibility index (Phi) is 5.33. The van der Waals surface area contributed by atoms with Gasteiger partial charge in [0.1, 0.15) is 18.2 Å². The first kappa shape index (κ1) is 17.1. The first-order valence-electron chi connectivity index (χ1n) is 9.11. The number of ether oxygens (including phenoxy) is 1. The molecule has 6 nitrogen and oxygen atoms in total. The molecule has 0 radical (unpaired) electrons. The largest absolute Gasteiger partial charge is 0.462 e. The van der Waals surface area contributed by atoms with Gasteiger partial charge in [-0.25, -0.2) is 9.97 Å². The van der Waals surface area contributed by atoms with Gasteiger partial charge < -0.3 is 9.64 Å². The first-order valence-corrected chi connectivity index (χ1v) is 9.11. The Morgan fingerprint density at radius 1 is 1.25 bits per heavy atom. The molecule has 1 aromatic heterocycles. The maximum atomic E-state index is 12.2. The predicted molar refractivity (Wildman–Crippen MR) is 92.8 cm³/mol. The van der Waals surface area contributed by atoms with Crippen LogP contribution in [0.25, 0.3) is 0 Å². The third kappa shape index (κ3) is 3.53. The predicted octanol–water partition coefficient (Wildman–Crippen LogP) is 2.11. The van der Waals surface area contributed by atoms with E-state index in [1.54, 1.807) is 12.5 Å². The molecule has 132 valence electrons. The molecule has 1 aromatic rings. The molecule has 0 saturated carbocycles. The number of esters is 1. The van der Waals surface area contributed by atoms with Crippen molar-refractivity contribution in [2.45, 2.75) is 45.6 Å². The van der Waals surface area contributed by atoms with Crippen molar-refractivity contribution >= 4 is 11.8 Å². The molecule has 24 heavy (non-hydrogen) atoms. The lowest BCUT2D eigenvalue weighted by atomic mass is 9.79. The Labute approximate surface area is 144 Å². The molecule has 2 saturated heterocycles. The highest BCUT2D eigenvalue weighted by molar-refractivity contribution is 5.78. The van der Waals surface area contributed by atoms with E-state index in [0.29, 0.717) is 0 Å². The molecule has 0 N–H and O–H groups in total. The van der Waals surface area contributed by atoms with Crippen molar-refractivity contribution in [1.29, 1.82) is 0 Å². The molecule has 2 aliphatic rings. The first-order chi connectivity index (χ1) is 11.7. The van der Waals surface area contributed by atoms with Gasteiger partial charge in [0.05, 0.1) is 5.41 Å². The number of nitrogens with zero attached hydrogens (tertiary/aromatic N) is 4. The van der Waals surface area contributed by atoms with Crippen LogP contribution < -0.4 is 4.90 Å². The van der Waals surface area contributed by atoms with Crippen molar-refractivity contribution in [3.8, 4) is 0 Å². The lowest BCUT2D eigenvalue weighted by Crippen LogP contribution is -2.47. The minimum Gasteiger partial charge on any atom is -0.462 e. The average molecular weight is 332 g/mol. The highest BCUT2D eigenvalue weighted by atomic mass is 16.6. The summed E-state index contributed by atoms with van der Waals surface area (Å²) in [5, 5.41) is 0. The lowest BCUT2D eigenvalue weighted by molar-refractivity contribution is -0.149. The van der Waals surface area contributed by atoms with Crippen molar-refractivity contribution < 1.29 is 9.53 Å². The Morgan fingerprint density at radius 2 is 2.00 bits per heavy atom. The fraction of sp³-hybridized carbons (Fsp3) is 0.722. The van der Waals surface area contributed by atoms with Gasteiger partial charge in [-0.1, -0.05) is 13.8 Å². The summed E-state index contributed by atoms with van der Waals surface area (Å²) in [6, 6.07) is 1.96. The van der Waals surface area contributed by atoms with Gasteiger partial charge in [0.15, 0.2) is 0 Å². The number of anilines is 1. The van der Waals surface area contributed by atoms with E-state index in [9.17, 15) is 4.79 Å². The monoisotopic (exact) mass is 332 g/mol. The standard InChI is InChI=1S/C18H28N4O2/c1-3-18(4-2)13-15(24-17(18)23)6-8-21-9-11-22(12-10-21)16-5-7-19-14-20-16/h5,7,14-15H,3-4,6,8-13H2,1-2H3. The van der Waals surface area contributed by atoms with E-state index in [4.69, 9.17) is 4.74 Å². The number of hydrogen-bond donors (Lipinski definition) is 0. The van der Waals surface area contributed by atoms with Crippen LogP contribution in [0.3, 0.4) is 0 Å². The molecular formula is C18H28N4O2. The molecular weight excluding hydrogens is 304 g/mol. The maximum absolute atomic E-state index is 12.2. The smallest absolute Gasteiger partial charge is 0.312 e. The number of cyclic esters (lactones) is 1. The summed E-state index contributed by atoms with van der Waals surface area (Å²) in [6.45, 7) is 9.21. The van der Waals surface area contributed by atoms with E-state index in [-0.39, 0.29) is 17.5 Å². The molecule has 0 aliphatic carbocycles. The summed E-state index contributed by atoms with van der Waals surface area (Å²) in [6.07, 6.45) is 7.09. The summed E-state index contributed by atoms with van der Waals surface area (Å²) >= 11 is 0. The molecule has 2 aliphatic heterocycles. The van der Waals surface area contributed by atoms with Crippen LogP contribution in [-0.2, 0) is 9.53 Å². The number of carbonyl (C=O) groups excluding carboxylic acids is 1. The van der Waals surface area contributed by atoms with Crippen LogP contribution in [0.1, 0.15) is 39.5 Å². The highest BCUT2D eigenvalue weighted by Gasteiger charge is 2.46. The van der Waals surface area contributed by atoms with Crippen LogP contribution in [0.15, 0.2) is 18.6 Å². The number of piperazine rings is 1. The summed E-state index contributed by atoms with van der Waals surface area (Å²) in [5.41, 5.74) is -0.226. The van der Waals surface area contributed by atoms with E-state index in [2.05, 4.69) is 33.6 Å². The molecule has 0 bridgehead atoms. The van der Waals surface area contributed by atoms with E-state index in [1.807, 2.05) is 6.07 Å². The zero-order chi connectivity index (χ0) is 17.0. The van der Waals surface area contributed by atoms with Gasteiger partial charge >= 0.3 is 5.97 Å². The van der Waals surface area contributed by atoms with Crippen LogP contribution in [0.5, 0.6) is 0 Å². The van der Waals surface area contributed by atoms with E-state index >= 15 is 0 Å². The van der Waals surface area contributed by atoms with Gasteiger partial charge in [-0.05, 0) is 25.3 Å². The van der Waals surface area contributed by atoms with E-state index in [0.717, 1.165) is 64.2 Å². The molecule has 0 aromatic carbocycles. The Hall–Kier alpha value is -1.69. The fourth-order valence-electron chi connectivity index (χ4n) is 3.82. The van der Waals surface area contributed by atoms with Gasteiger partial charge in [-0.3, -0.25) is 9.69 Å². The molecule has 1 unspecified atom stereocenters. The molecule has 0 spiro atoms. The number of hydrogen-bond acceptors (Lipinski definition) is 6. The van der Waals surface area contributed by atoms with Crippen molar-refractivity contribution in [2.24, 2.45) is 5.41 Å². The van der Waals surface area contributed by atoms with E-state index < -0.39 is 0 Å². The molecule has 3 heterocycles. The Balaban J connectivity index is 1.44. The minimum atomic E-state index is -0.226. The number of rotatable bonds is 6. The van der Waals surface area contributed by atoms with Gasteiger partial charge in [0, 0.05) is 45.3 Å². The minimum absolute atomic E-state index is 0.0195. The molecule has 1 atom stereocenters. The van der Waals surface area contributed by atoms with Crippen molar-refractivity contribution in [2.75, 3.05) is 37.6 Å². The Bertz CT molecular complexity index is 539. The Morgan fingerprint density at radius 3 is 2.58 bits per heavy atom. The molecule has 3 rings (SSSR count). The average Bonchev–Trinajstić information content (AvgIpc) is 2.97. The molecule has 2 fully saturated rings. The SMILES string of the molecule is CCC1(CC)CC(CCN2CCN(c3ccncn3)CC2)OC1=O. The zero-order valence-corrected chi connectivity index (χ0v) is 14.8. The van der Waals surface area contributed by atoms with Gasteiger partial charge in [-0.15, -0.1) is 0 Å². The van der Waals surface area contributed by atoms with Gasteiger partial charge in [0.25, 0.3) is 0 Å². The van der Waals surface area contributed by atoms with Crippen LogP contribution in [0, 0.1) is 5.41 Å². The van der Waals surface area contributed by atoms with Crippen LogP contribution in [0.4, 0.5) is 5.82 Å². The zero-order valence-electron chi connectivity index (χ0n) is 14.8. The van der Waals surface area contributed by atoms with E-state index in [1.165, 1.54) is 0 Å². The second-order valence-electron chi connectivity index (χ2n) is 6.90.